The van der Waals surface area contributed by atoms with Gasteiger partial charge in [-0.25, -0.2) is 4.79 Å². The molecule has 6 N–H and O–H groups in total. The number of ether oxygens (including phenoxy) is 1. The minimum absolute atomic E-state index is 0.00741. The van der Waals surface area contributed by atoms with Crippen molar-refractivity contribution in [2.24, 2.45) is 29.4 Å². The Morgan fingerprint density at radius 3 is 1.38 bits per heavy atom. The van der Waals surface area contributed by atoms with Crippen molar-refractivity contribution in [2.45, 2.75) is 189 Å². The third kappa shape index (κ3) is 18.6. The third-order valence-electron chi connectivity index (χ3n) is 15.4. The van der Waals surface area contributed by atoms with E-state index in [9.17, 15) is 43.2 Å². The Hall–Kier alpha value is -7.91. The van der Waals surface area contributed by atoms with Gasteiger partial charge in [0.2, 0.25) is 35.4 Å². The van der Waals surface area contributed by atoms with Crippen LogP contribution in [-0.4, -0.2) is 117 Å². The number of carbonyl (C=O) groups is 9. The Balaban J connectivity index is 0.000000272. The fourth-order valence-electron chi connectivity index (χ4n) is 11.2. The van der Waals surface area contributed by atoms with Gasteiger partial charge in [-0.3, -0.25) is 48.3 Å². The standard InChI is InChI=1S/C35H47N5O6.C30H39N5O4.C2H6O/c1-22(2)18-26(37-32(44)35(6,7)38-33(45)46-34(3,4)5)28(41)20-24-19-23-12-10-14-27(39-17-11-15-29(39)42)30(23)40(31(24)43)21-25-13-8-9-16-36-25;1-19(2)15-23(33-29(39)30(3,4)31)25(36)17-21-16-20-9-7-11-24(34-14-8-12-26(34)37)27(20)35(28(21)38)18-22-10-5-6-13-32-22;1-2-3/h8-10,12-14,16,22,24,26H,11,15,17-21H2,1-7H3,(H,37,44)(H,38,45);5-7,9-11,13,19,21,23H,8,12,14-18,31H2,1-4H3,(H,33,39);3H,2H2,1H3/t24?,26-;21?,23-;/m11./s1. The maximum atomic E-state index is 14.2. The lowest BCUT2D eigenvalue weighted by molar-refractivity contribution is -0.133. The Kier molecular flexibility index (Phi) is 23.9. The van der Waals surface area contributed by atoms with Crippen molar-refractivity contribution in [1.82, 2.24) is 25.9 Å². The monoisotopic (exact) mass is 1210 g/mol. The Morgan fingerprint density at radius 1 is 0.625 bits per heavy atom. The summed E-state index contributed by atoms with van der Waals surface area (Å²) in [6.45, 7) is 22.9. The summed E-state index contributed by atoms with van der Waals surface area (Å²) in [5, 5.41) is 15.8. The number of nitrogens with two attached hydrogens (primary N) is 1. The molecule has 6 heterocycles. The highest BCUT2D eigenvalue weighted by molar-refractivity contribution is 6.09. The zero-order valence-corrected chi connectivity index (χ0v) is 53.4. The molecular formula is C67H92N10O11. The lowest BCUT2D eigenvalue weighted by Gasteiger charge is -2.37. The predicted molar refractivity (Wildman–Crippen MR) is 338 cm³/mol. The van der Waals surface area contributed by atoms with E-state index in [0.29, 0.717) is 80.1 Å². The number of benzene rings is 2. The van der Waals surface area contributed by atoms with Crippen LogP contribution in [0.25, 0.3) is 0 Å². The summed E-state index contributed by atoms with van der Waals surface area (Å²) in [4.78, 5) is 135. The molecule has 4 aliphatic rings. The summed E-state index contributed by atoms with van der Waals surface area (Å²) >= 11 is 0. The van der Waals surface area contributed by atoms with Crippen LogP contribution >= 0.6 is 0 Å². The smallest absolute Gasteiger partial charge is 0.408 e. The molecule has 4 atom stereocenters. The van der Waals surface area contributed by atoms with E-state index in [-0.39, 0.29) is 79.6 Å². The van der Waals surface area contributed by atoms with Crippen LogP contribution < -0.4 is 41.3 Å². The number of hydrogen-bond donors (Lipinski definition) is 5. The summed E-state index contributed by atoms with van der Waals surface area (Å²) < 4.78 is 5.32. The molecule has 8 rings (SSSR count). The molecule has 0 radical (unpaired) electrons. The molecular weight excluding hydrogens is 1120 g/mol. The zero-order valence-electron chi connectivity index (χ0n) is 53.4. The van der Waals surface area contributed by atoms with E-state index in [2.05, 4.69) is 25.9 Å². The first-order chi connectivity index (χ1) is 41.4. The van der Waals surface area contributed by atoms with Gasteiger partial charge in [0.1, 0.15) is 11.1 Å². The van der Waals surface area contributed by atoms with Gasteiger partial charge in [0, 0.05) is 69.6 Å². The molecule has 88 heavy (non-hydrogen) atoms. The minimum atomic E-state index is -1.36. The summed E-state index contributed by atoms with van der Waals surface area (Å²) in [7, 11) is 0. The Labute approximate surface area is 518 Å². The number of ketones is 2. The van der Waals surface area contributed by atoms with Gasteiger partial charge in [0.15, 0.2) is 11.6 Å². The molecule has 21 heteroatoms. The number of Topliss-reactive ketones (excluding diaryl/α,β-unsaturated/α-hetero) is 2. The molecule has 4 aliphatic heterocycles. The molecule has 2 fully saturated rings. The van der Waals surface area contributed by atoms with Crippen LogP contribution in [0.15, 0.2) is 85.2 Å². The van der Waals surface area contributed by atoms with Crippen LogP contribution in [0, 0.1) is 23.7 Å². The maximum absolute atomic E-state index is 14.2. The van der Waals surface area contributed by atoms with Gasteiger partial charge < -0.3 is 51.1 Å². The van der Waals surface area contributed by atoms with Crippen LogP contribution in [0.2, 0.25) is 0 Å². The third-order valence-corrected chi connectivity index (χ3v) is 15.4. The van der Waals surface area contributed by atoms with E-state index in [1.807, 2.05) is 94.4 Å². The van der Waals surface area contributed by atoms with Crippen molar-refractivity contribution < 1.29 is 53.0 Å². The quantitative estimate of drug-likeness (QED) is 0.0531. The number of rotatable bonds is 21. The molecule has 2 aromatic carbocycles. The normalized spacial score (nSPS) is 17.5. The van der Waals surface area contributed by atoms with Crippen molar-refractivity contribution in [1.29, 1.82) is 0 Å². The number of nitrogens with one attached hydrogen (secondary N) is 3. The van der Waals surface area contributed by atoms with Gasteiger partial charge in [0.05, 0.1) is 64.8 Å². The van der Waals surface area contributed by atoms with Gasteiger partial charge in [0.25, 0.3) is 0 Å². The molecule has 476 valence electrons. The summed E-state index contributed by atoms with van der Waals surface area (Å²) in [6, 6.07) is 20.9. The van der Waals surface area contributed by atoms with Crippen LogP contribution in [0.3, 0.4) is 0 Å². The largest absolute Gasteiger partial charge is 0.444 e. The second-order valence-electron chi connectivity index (χ2n) is 26.1. The van der Waals surface area contributed by atoms with Crippen LogP contribution in [0.4, 0.5) is 27.5 Å². The van der Waals surface area contributed by atoms with Crippen molar-refractivity contribution in [3.05, 3.63) is 108 Å². The molecule has 7 amide bonds. The van der Waals surface area contributed by atoms with Gasteiger partial charge in [-0.15, -0.1) is 0 Å². The van der Waals surface area contributed by atoms with Crippen LogP contribution in [0.5, 0.6) is 0 Å². The topological polar surface area (TPSA) is 284 Å². The number of para-hydroxylation sites is 2. The molecule has 0 aliphatic carbocycles. The van der Waals surface area contributed by atoms with Crippen molar-refractivity contribution >= 4 is 75.9 Å². The molecule has 0 saturated carbocycles. The van der Waals surface area contributed by atoms with E-state index >= 15 is 0 Å². The number of carbonyl (C=O) groups excluding carboxylic acids is 9. The van der Waals surface area contributed by atoms with Crippen molar-refractivity contribution in [3.8, 4) is 0 Å². The Morgan fingerprint density at radius 2 is 1.03 bits per heavy atom. The molecule has 0 spiro atoms. The SMILES string of the molecule is CC(C)C[C@@H](NC(=O)C(C)(C)N)C(=O)CC1Cc2cccc(N3CCCC3=O)c2N(Cc2ccccn2)C1=O.CC(C)C[C@@H](NC(=O)C(C)(C)NC(=O)OC(C)(C)C)C(=O)CC1Cc2cccc(N3CCCC3=O)c2N(Cc2ccccn2)C1=O.CCO. The number of aromatic nitrogens is 2. The first-order valence-corrected chi connectivity index (χ1v) is 30.8. The fourth-order valence-corrected chi connectivity index (χ4v) is 11.2. The fraction of sp³-hybridized carbons (Fsp3) is 0.537. The summed E-state index contributed by atoms with van der Waals surface area (Å²) in [6.07, 6.45) is 6.50. The number of fused-ring (bicyclic) bond motifs is 2. The minimum Gasteiger partial charge on any atom is -0.444 e. The van der Waals surface area contributed by atoms with E-state index in [1.54, 1.807) is 93.4 Å². The molecule has 0 bridgehead atoms. The Bertz CT molecular complexity index is 3140. The van der Waals surface area contributed by atoms with Crippen molar-refractivity contribution in [2.75, 3.05) is 39.3 Å². The molecule has 21 nitrogen and oxygen atoms in total. The zero-order chi connectivity index (χ0) is 64.8. The van der Waals surface area contributed by atoms with Crippen LogP contribution in [-0.2, 0) is 69.0 Å². The number of pyridine rings is 2. The number of aliphatic hydroxyl groups excluding tert-OH is 1. The average Bonchev–Trinajstić information content (AvgIpc) is 1.09. The lowest BCUT2D eigenvalue weighted by Crippen LogP contribution is -2.58. The number of nitrogens with zero attached hydrogens (tertiary/aromatic N) is 6. The number of anilines is 4. The van der Waals surface area contributed by atoms with Gasteiger partial charge in [-0.2, -0.15) is 0 Å². The van der Waals surface area contributed by atoms with E-state index in [4.69, 9.17) is 15.6 Å². The van der Waals surface area contributed by atoms with Gasteiger partial charge in [-0.1, -0.05) is 64.1 Å². The van der Waals surface area contributed by atoms with Gasteiger partial charge in [-0.05, 0) is 153 Å². The van der Waals surface area contributed by atoms with Crippen molar-refractivity contribution in [3.63, 3.8) is 0 Å². The number of alkyl carbamates (subject to hydrolysis) is 1. The van der Waals surface area contributed by atoms with Crippen LogP contribution in [0.1, 0.15) is 157 Å². The van der Waals surface area contributed by atoms with E-state index in [0.717, 1.165) is 29.7 Å². The highest BCUT2D eigenvalue weighted by Gasteiger charge is 2.42. The first-order valence-electron chi connectivity index (χ1n) is 30.8. The molecule has 2 aromatic heterocycles. The second-order valence-corrected chi connectivity index (χ2v) is 26.1. The lowest BCUT2D eigenvalue weighted by atomic mass is 9.84. The average molecular weight is 1210 g/mol. The van der Waals surface area contributed by atoms with Gasteiger partial charge >= 0.3 is 6.09 Å². The molecule has 2 saturated heterocycles. The molecule has 4 aromatic rings. The number of hydrogen-bond acceptors (Lipinski definition) is 14. The second kappa shape index (κ2) is 30.3. The first kappa shape index (κ1) is 69.2. The maximum Gasteiger partial charge on any atom is 0.408 e. The summed E-state index contributed by atoms with van der Waals surface area (Å²) in [5.74, 6) is -2.79. The van der Waals surface area contributed by atoms with E-state index in [1.165, 1.54) is 0 Å². The summed E-state index contributed by atoms with van der Waals surface area (Å²) in [5.41, 5.74) is 8.72. The highest BCUT2D eigenvalue weighted by Crippen LogP contribution is 2.44. The van der Waals surface area contributed by atoms with E-state index < -0.39 is 58.5 Å². The number of aliphatic hydroxyl groups is 1. The number of amides is 7. The predicted octanol–water partition coefficient (Wildman–Crippen LogP) is 7.85. The molecule has 2 unspecified atom stereocenters. The highest BCUT2D eigenvalue weighted by atomic mass is 16.6.